The van der Waals surface area contributed by atoms with Crippen molar-refractivity contribution in [2.24, 2.45) is 13.0 Å². The van der Waals surface area contributed by atoms with E-state index in [4.69, 9.17) is 9.47 Å². The molecule has 1 aromatic carbocycles. The first-order valence-corrected chi connectivity index (χ1v) is 10.2. The Morgan fingerprint density at radius 1 is 1.19 bits per heavy atom. The molecule has 31 heavy (non-hydrogen) atoms. The third-order valence-corrected chi connectivity index (χ3v) is 5.09. The second kappa shape index (κ2) is 9.59. The summed E-state index contributed by atoms with van der Waals surface area (Å²) < 4.78 is 12.0. The Morgan fingerprint density at radius 3 is 2.65 bits per heavy atom. The zero-order valence-corrected chi connectivity index (χ0v) is 18.6. The van der Waals surface area contributed by atoms with Gasteiger partial charge in [0.25, 0.3) is 5.91 Å². The van der Waals surface area contributed by atoms with E-state index in [1.54, 1.807) is 43.2 Å². The third-order valence-electron chi connectivity index (χ3n) is 5.09. The second-order valence-corrected chi connectivity index (χ2v) is 7.73. The molecule has 0 spiro atoms. The van der Waals surface area contributed by atoms with Crippen LogP contribution >= 0.6 is 0 Å². The van der Waals surface area contributed by atoms with E-state index in [0.717, 1.165) is 12.8 Å². The molecule has 0 aliphatic heterocycles. The lowest BCUT2D eigenvalue weighted by molar-refractivity contribution is 0.0602. The van der Waals surface area contributed by atoms with Gasteiger partial charge in [-0.1, -0.05) is 26.0 Å². The van der Waals surface area contributed by atoms with Gasteiger partial charge in [-0.05, 0) is 30.9 Å². The van der Waals surface area contributed by atoms with E-state index in [1.165, 1.54) is 7.11 Å². The number of hydrogen-bond acceptors (Lipinski definition) is 6. The fourth-order valence-corrected chi connectivity index (χ4v) is 3.52. The molecular formula is C23H28N4O4. The molecule has 0 unspecified atom stereocenters. The molecule has 0 aliphatic rings. The van der Waals surface area contributed by atoms with Gasteiger partial charge in [-0.2, -0.15) is 5.10 Å². The monoisotopic (exact) mass is 424 g/mol. The highest BCUT2D eigenvalue weighted by atomic mass is 16.5. The van der Waals surface area contributed by atoms with Crippen molar-refractivity contribution in [3.63, 3.8) is 0 Å². The number of pyridine rings is 1. The van der Waals surface area contributed by atoms with Crippen LogP contribution in [0.1, 0.15) is 47.5 Å². The van der Waals surface area contributed by atoms with E-state index in [-0.39, 0.29) is 11.6 Å². The molecule has 0 bridgehead atoms. The molecule has 1 N–H and O–H groups in total. The zero-order valence-electron chi connectivity index (χ0n) is 18.6. The average Bonchev–Trinajstić information content (AvgIpc) is 3.14. The first-order valence-electron chi connectivity index (χ1n) is 10.2. The van der Waals surface area contributed by atoms with Gasteiger partial charge in [-0.15, -0.1) is 0 Å². The molecule has 1 amide bonds. The number of methoxy groups -OCH3 is 2. The Kier molecular flexibility index (Phi) is 6.89. The summed E-state index contributed by atoms with van der Waals surface area (Å²) in [6, 6.07) is 6.95. The molecule has 2 aromatic heterocycles. The lowest BCUT2D eigenvalue weighted by Crippen LogP contribution is -2.25. The minimum atomic E-state index is -0.517. The van der Waals surface area contributed by atoms with Crippen molar-refractivity contribution in [1.82, 2.24) is 20.1 Å². The fourth-order valence-electron chi connectivity index (χ4n) is 3.52. The van der Waals surface area contributed by atoms with Crippen molar-refractivity contribution in [2.75, 3.05) is 20.8 Å². The Bertz CT molecular complexity index is 1100. The highest BCUT2D eigenvalue weighted by molar-refractivity contribution is 6.09. The van der Waals surface area contributed by atoms with E-state index >= 15 is 0 Å². The van der Waals surface area contributed by atoms with E-state index in [0.29, 0.717) is 45.9 Å². The Labute approximate surface area is 181 Å². The molecule has 0 aliphatic carbocycles. The topological polar surface area (TPSA) is 95.3 Å². The first kappa shape index (κ1) is 22.3. The van der Waals surface area contributed by atoms with Crippen LogP contribution in [0, 0.1) is 5.92 Å². The molecule has 3 aromatic rings. The summed E-state index contributed by atoms with van der Waals surface area (Å²) in [5.41, 5.74) is 2.30. The van der Waals surface area contributed by atoms with Gasteiger partial charge in [-0.25, -0.2) is 14.5 Å². The molecule has 8 nitrogen and oxygen atoms in total. The number of rotatable bonds is 8. The van der Waals surface area contributed by atoms with Crippen molar-refractivity contribution in [1.29, 1.82) is 0 Å². The van der Waals surface area contributed by atoms with Gasteiger partial charge in [0.05, 0.1) is 37.1 Å². The average molecular weight is 425 g/mol. The van der Waals surface area contributed by atoms with Gasteiger partial charge in [-0.3, -0.25) is 4.79 Å². The predicted molar refractivity (Wildman–Crippen MR) is 118 cm³/mol. The largest absolute Gasteiger partial charge is 0.481 e. The zero-order chi connectivity index (χ0) is 22.5. The van der Waals surface area contributed by atoms with Crippen LogP contribution in [0.2, 0.25) is 0 Å². The number of nitrogens with zero attached hydrogens (tertiary/aromatic N) is 3. The molecule has 0 radical (unpaired) electrons. The number of carbonyl (C=O) groups is 2. The number of benzene rings is 1. The molecule has 164 valence electrons. The van der Waals surface area contributed by atoms with Crippen LogP contribution < -0.4 is 10.1 Å². The second-order valence-electron chi connectivity index (χ2n) is 7.73. The van der Waals surface area contributed by atoms with E-state index in [1.807, 2.05) is 6.07 Å². The fraction of sp³-hybridized carbons (Fsp3) is 0.391. The highest BCUT2D eigenvalue weighted by Gasteiger charge is 2.21. The summed E-state index contributed by atoms with van der Waals surface area (Å²) in [6.45, 7) is 4.85. The minimum absolute atomic E-state index is 0.217. The summed E-state index contributed by atoms with van der Waals surface area (Å²) in [6.07, 6.45) is 3.58. The summed E-state index contributed by atoms with van der Waals surface area (Å²) in [5, 5.41) is 7.90. The summed E-state index contributed by atoms with van der Waals surface area (Å²) in [4.78, 5) is 29.8. The molecular weight excluding hydrogens is 396 g/mol. The van der Waals surface area contributed by atoms with Gasteiger partial charge < -0.3 is 14.8 Å². The lowest BCUT2D eigenvalue weighted by atomic mass is 9.99. The molecule has 0 saturated heterocycles. The molecule has 0 saturated carbocycles. The number of fused-ring (bicyclic) bond motifs is 1. The number of carbonyl (C=O) groups excluding carboxylic acids is 2. The summed E-state index contributed by atoms with van der Waals surface area (Å²) in [5.74, 6) is 0.299. The molecule has 0 atom stereocenters. The van der Waals surface area contributed by atoms with Gasteiger partial charge >= 0.3 is 5.97 Å². The van der Waals surface area contributed by atoms with Crippen LogP contribution in [0.15, 0.2) is 30.5 Å². The van der Waals surface area contributed by atoms with E-state index in [9.17, 15) is 9.59 Å². The molecule has 2 heterocycles. The van der Waals surface area contributed by atoms with Crippen LogP contribution in [0.4, 0.5) is 0 Å². The number of ether oxygens (including phenoxy) is 2. The lowest BCUT2D eigenvalue weighted by Gasteiger charge is -2.13. The normalized spacial score (nSPS) is 11.0. The maximum atomic E-state index is 12.9. The van der Waals surface area contributed by atoms with Crippen LogP contribution in [0.3, 0.4) is 0 Å². The molecule has 3 rings (SSSR count). The van der Waals surface area contributed by atoms with Crippen LogP contribution in [-0.2, 0) is 11.8 Å². The number of para-hydroxylation sites is 1. The third kappa shape index (κ3) is 4.68. The summed E-state index contributed by atoms with van der Waals surface area (Å²) in [7, 11) is 4.65. The van der Waals surface area contributed by atoms with Crippen LogP contribution in [0.5, 0.6) is 5.88 Å². The van der Waals surface area contributed by atoms with Crippen molar-refractivity contribution in [3.8, 4) is 17.0 Å². The minimum Gasteiger partial charge on any atom is -0.481 e. The van der Waals surface area contributed by atoms with Crippen molar-refractivity contribution in [3.05, 3.63) is 41.7 Å². The first-order chi connectivity index (χ1) is 14.9. The Balaban J connectivity index is 2.13. The van der Waals surface area contributed by atoms with E-state index < -0.39 is 5.97 Å². The quantitative estimate of drug-likeness (QED) is 0.439. The van der Waals surface area contributed by atoms with Crippen LogP contribution in [-0.4, -0.2) is 47.4 Å². The van der Waals surface area contributed by atoms with Crippen LogP contribution in [0.25, 0.3) is 22.0 Å². The SMILES string of the molecule is COC(=O)c1cccc2c(-c3cnn(C)c3OC)cc(C(=O)NCCCC(C)C)nc12. The standard InChI is InChI=1S/C23H28N4O4/c1-14(2)8-7-11-24-21(28)19-12-17(18-13-25-27(3)22(18)30-4)15-9-6-10-16(20(15)26-19)23(29)31-5/h6,9-10,12-14H,7-8,11H2,1-5H3,(H,24,28). The number of aryl methyl sites for hydroxylation is 1. The number of aromatic nitrogens is 3. The molecule has 0 fully saturated rings. The summed E-state index contributed by atoms with van der Waals surface area (Å²) >= 11 is 0. The number of nitrogens with one attached hydrogen (secondary N) is 1. The molecule has 8 heteroatoms. The van der Waals surface area contributed by atoms with Gasteiger partial charge in [0.1, 0.15) is 5.69 Å². The van der Waals surface area contributed by atoms with E-state index in [2.05, 4.69) is 29.2 Å². The van der Waals surface area contributed by atoms with Crippen molar-refractivity contribution >= 4 is 22.8 Å². The van der Waals surface area contributed by atoms with Crippen molar-refractivity contribution < 1.29 is 19.1 Å². The van der Waals surface area contributed by atoms with Gasteiger partial charge in [0, 0.05) is 24.5 Å². The smallest absolute Gasteiger partial charge is 0.340 e. The highest BCUT2D eigenvalue weighted by Crippen LogP contribution is 2.35. The predicted octanol–water partition coefficient (Wildman–Crippen LogP) is 3.60. The number of esters is 1. The maximum Gasteiger partial charge on any atom is 0.340 e. The van der Waals surface area contributed by atoms with Gasteiger partial charge in [0.2, 0.25) is 5.88 Å². The number of hydrogen-bond donors (Lipinski definition) is 1. The van der Waals surface area contributed by atoms with Crippen molar-refractivity contribution in [2.45, 2.75) is 26.7 Å². The Morgan fingerprint density at radius 2 is 1.97 bits per heavy atom. The maximum absolute atomic E-state index is 12.9. The Hall–Kier alpha value is -3.42. The van der Waals surface area contributed by atoms with Gasteiger partial charge in [0.15, 0.2) is 0 Å². The number of amides is 1.